The predicted octanol–water partition coefficient (Wildman–Crippen LogP) is 3.31. The van der Waals surface area contributed by atoms with Gasteiger partial charge in [-0.25, -0.2) is 0 Å². The van der Waals surface area contributed by atoms with E-state index in [9.17, 15) is 0 Å². The molecule has 1 aliphatic heterocycles. The zero-order valence-electron chi connectivity index (χ0n) is 10.9. The molecule has 2 rings (SSSR count). The number of aromatic nitrogens is 1. The molecule has 18 heavy (non-hydrogen) atoms. The van der Waals surface area contributed by atoms with Crippen molar-refractivity contribution in [3.63, 3.8) is 0 Å². The third-order valence-corrected chi connectivity index (χ3v) is 3.79. The van der Waals surface area contributed by atoms with Crippen LogP contribution >= 0.6 is 15.9 Å². The summed E-state index contributed by atoms with van der Waals surface area (Å²) in [5.74, 6) is 0.541. The molecular weight excluding hydrogens is 292 g/mol. The fraction of sp³-hybridized carbons (Fsp3) is 0.643. The summed E-state index contributed by atoms with van der Waals surface area (Å²) in [6.45, 7) is 5.15. The molecule has 0 aliphatic carbocycles. The lowest BCUT2D eigenvalue weighted by Gasteiger charge is -2.31. The number of halogens is 1. The molecule has 1 aliphatic rings. The van der Waals surface area contributed by atoms with Gasteiger partial charge in [-0.2, -0.15) is 0 Å². The number of pyridine rings is 1. The van der Waals surface area contributed by atoms with Crippen LogP contribution in [0.1, 0.15) is 38.0 Å². The van der Waals surface area contributed by atoms with Gasteiger partial charge >= 0.3 is 0 Å². The van der Waals surface area contributed by atoms with E-state index in [-0.39, 0.29) is 6.10 Å². The van der Waals surface area contributed by atoms with Gasteiger partial charge in [0, 0.05) is 29.7 Å². The van der Waals surface area contributed by atoms with Gasteiger partial charge in [0.05, 0.1) is 5.69 Å². The fourth-order valence-corrected chi connectivity index (χ4v) is 2.63. The van der Waals surface area contributed by atoms with E-state index >= 15 is 0 Å². The van der Waals surface area contributed by atoms with E-state index in [4.69, 9.17) is 4.74 Å². The number of hydrogen-bond donors (Lipinski definition) is 1. The Kier molecular flexibility index (Phi) is 5.60. The summed E-state index contributed by atoms with van der Waals surface area (Å²) in [5, 5.41) is 3.50. The number of ether oxygens (including phenoxy) is 1. The van der Waals surface area contributed by atoms with Gasteiger partial charge in [-0.15, -0.1) is 0 Å². The molecule has 1 aromatic rings. The van der Waals surface area contributed by atoms with E-state index in [0.29, 0.717) is 5.92 Å². The maximum Gasteiger partial charge on any atom is 0.103 e. The first-order valence-corrected chi connectivity index (χ1v) is 7.54. The molecule has 1 saturated heterocycles. The van der Waals surface area contributed by atoms with Crippen LogP contribution in [0.15, 0.2) is 22.8 Å². The Bertz CT molecular complexity index is 355. The summed E-state index contributed by atoms with van der Waals surface area (Å²) in [6.07, 6.45) is 5.56. The molecule has 1 N–H and O–H groups in total. The molecule has 2 unspecified atom stereocenters. The maximum absolute atomic E-state index is 5.93. The Morgan fingerprint density at radius 1 is 1.50 bits per heavy atom. The first-order chi connectivity index (χ1) is 8.81. The number of nitrogens with one attached hydrogen (secondary N) is 1. The highest BCUT2D eigenvalue weighted by molar-refractivity contribution is 9.10. The normalized spacial score (nSPS) is 24.1. The first-order valence-electron chi connectivity index (χ1n) is 6.75. The highest BCUT2D eigenvalue weighted by atomic mass is 79.9. The van der Waals surface area contributed by atoms with Gasteiger partial charge in [-0.05, 0) is 53.9 Å². The molecule has 0 radical (unpaired) electrons. The van der Waals surface area contributed by atoms with Crippen LogP contribution in [0.25, 0.3) is 0 Å². The number of hydrogen-bond acceptors (Lipinski definition) is 3. The van der Waals surface area contributed by atoms with E-state index in [1.165, 1.54) is 12.8 Å². The van der Waals surface area contributed by atoms with Crippen LogP contribution in [-0.4, -0.2) is 24.7 Å². The highest BCUT2D eigenvalue weighted by Gasteiger charge is 2.27. The number of nitrogens with zero attached hydrogens (tertiary/aromatic N) is 1. The Hall–Kier alpha value is -0.450. The van der Waals surface area contributed by atoms with Crippen molar-refractivity contribution in [2.75, 3.05) is 19.7 Å². The molecule has 0 amide bonds. The van der Waals surface area contributed by atoms with Crippen molar-refractivity contribution in [1.29, 1.82) is 0 Å². The van der Waals surface area contributed by atoms with Crippen LogP contribution in [0.4, 0.5) is 0 Å². The van der Waals surface area contributed by atoms with Crippen LogP contribution in [0.3, 0.4) is 0 Å². The fourth-order valence-electron chi connectivity index (χ4n) is 2.40. The standard InChI is InChI=1S/C14H21BrN2O/c1-2-7-16-9-11-4-3-8-18-14(11)13-6-5-12(15)10-17-13/h5-6,10-11,14,16H,2-4,7-9H2,1H3. The van der Waals surface area contributed by atoms with E-state index in [1.807, 2.05) is 12.3 Å². The van der Waals surface area contributed by atoms with E-state index in [2.05, 4.69) is 39.2 Å². The minimum absolute atomic E-state index is 0.149. The van der Waals surface area contributed by atoms with Crippen molar-refractivity contribution in [2.24, 2.45) is 5.92 Å². The summed E-state index contributed by atoms with van der Waals surface area (Å²) in [5.41, 5.74) is 1.06. The first kappa shape index (κ1) is 14.0. The quantitative estimate of drug-likeness (QED) is 0.847. The SMILES string of the molecule is CCCNCC1CCCOC1c1ccc(Br)cn1. The van der Waals surface area contributed by atoms with Crippen LogP contribution in [-0.2, 0) is 4.74 Å². The Labute approximate surface area is 117 Å². The molecule has 1 aromatic heterocycles. The Morgan fingerprint density at radius 2 is 2.39 bits per heavy atom. The molecular formula is C14H21BrN2O. The van der Waals surface area contributed by atoms with Crippen LogP contribution < -0.4 is 5.32 Å². The molecule has 0 aromatic carbocycles. The Balaban J connectivity index is 2.00. The molecule has 1 fully saturated rings. The largest absolute Gasteiger partial charge is 0.372 e. The summed E-state index contributed by atoms with van der Waals surface area (Å²) >= 11 is 3.42. The second-order valence-electron chi connectivity index (χ2n) is 4.80. The second kappa shape index (κ2) is 7.22. The second-order valence-corrected chi connectivity index (χ2v) is 5.71. The van der Waals surface area contributed by atoms with Crippen LogP contribution in [0.2, 0.25) is 0 Å². The van der Waals surface area contributed by atoms with Gasteiger partial charge in [0.1, 0.15) is 6.10 Å². The molecule has 2 heterocycles. The van der Waals surface area contributed by atoms with Crippen LogP contribution in [0.5, 0.6) is 0 Å². The van der Waals surface area contributed by atoms with E-state index in [1.54, 1.807) is 0 Å². The molecule has 0 spiro atoms. The summed E-state index contributed by atoms with van der Waals surface area (Å²) < 4.78 is 6.95. The minimum atomic E-state index is 0.149. The average molecular weight is 313 g/mol. The van der Waals surface area contributed by atoms with Crippen LogP contribution in [0, 0.1) is 5.92 Å². The van der Waals surface area contributed by atoms with E-state index < -0.39 is 0 Å². The average Bonchev–Trinajstić information content (AvgIpc) is 2.41. The van der Waals surface area contributed by atoms with Gasteiger partial charge in [-0.3, -0.25) is 4.98 Å². The van der Waals surface area contributed by atoms with Crippen molar-refractivity contribution in [3.05, 3.63) is 28.5 Å². The van der Waals surface area contributed by atoms with E-state index in [0.717, 1.165) is 36.3 Å². The lowest BCUT2D eigenvalue weighted by Crippen LogP contribution is -2.32. The van der Waals surface area contributed by atoms with Gasteiger partial charge in [0.25, 0.3) is 0 Å². The van der Waals surface area contributed by atoms with Gasteiger partial charge in [-0.1, -0.05) is 6.92 Å². The molecule has 100 valence electrons. The third kappa shape index (κ3) is 3.77. The molecule has 0 saturated carbocycles. The van der Waals surface area contributed by atoms with Gasteiger partial charge < -0.3 is 10.1 Å². The minimum Gasteiger partial charge on any atom is -0.372 e. The summed E-state index contributed by atoms with van der Waals surface area (Å²) in [7, 11) is 0. The topological polar surface area (TPSA) is 34.1 Å². The zero-order chi connectivity index (χ0) is 12.8. The molecule has 3 nitrogen and oxygen atoms in total. The predicted molar refractivity (Wildman–Crippen MR) is 76.5 cm³/mol. The van der Waals surface area contributed by atoms with Crippen molar-refractivity contribution < 1.29 is 4.74 Å². The lowest BCUT2D eigenvalue weighted by molar-refractivity contribution is -0.0301. The maximum atomic E-state index is 5.93. The molecule has 0 bridgehead atoms. The number of rotatable bonds is 5. The molecule has 2 atom stereocenters. The third-order valence-electron chi connectivity index (χ3n) is 3.32. The van der Waals surface area contributed by atoms with Crippen molar-refractivity contribution in [3.8, 4) is 0 Å². The monoisotopic (exact) mass is 312 g/mol. The highest BCUT2D eigenvalue weighted by Crippen LogP contribution is 2.32. The molecule has 4 heteroatoms. The van der Waals surface area contributed by atoms with Gasteiger partial charge in [0.15, 0.2) is 0 Å². The van der Waals surface area contributed by atoms with Crippen molar-refractivity contribution >= 4 is 15.9 Å². The van der Waals surface area contributed by atoms with Crippen molar-refractivity contribution in [2.45, 2.75) is 32.3 Å². The smallest absolute Gasteiger partial charge is 0.103 e. The zero-order valence-corrected chi connectivity index (χ0v) is 12.4. The summed E-state index contributed by atoms with van der Waals surface area (Å²) in [4.78, 5) is 4.48. The van der Waals surface area contributed by atoms with Crippen molar-refractivity contribution in [1.82, 2.24) is 10.3 Å². The Morgan fingerprint density at radius 3 is 3.11 bits per heavy atom. The lowest BCUT2D eigenvalue weighted by atomic mass is 9.92. The summed E-state index contributed by atoms with van der Waals surface area (Å²) in [6, 6.07) is 4.10. The van der Waals surface area contributed by atoms with Gasteiger partial charge in [0.2, 0.25) is 0 Å².